The Hall–Kier alpha value is -1.78. The fourth-order valence-corrected chi connectivity index (χ4v) is 3.51. The molecular formula is C22H27ClFNO2. The normalized spacial score (nSPS) is 16.9. The Balaban J connectivity index is 1.45. The Morgan fingerprint density at radius 1 is 1.11 bits per heavy atom. The third-order valence-electron chi connectivity index (χ3n) is 5.16. The van der Waals surface area contributed by atoms with E-state index in [2.05, 4.69) is 11.8 Å². The molecule has 0 aliphatic carbocycles. The topological polar surface area (TPSA) is 21.7 Å². The van der Waals surface area contributed by atoms with Gasteiger partial charge >= 0.3 is 0 Å². The zero-order chi connectivity index (χ0) is 19.3. The summed E-state index contributed by atoms with van der Waals surface area (Å²) in [6.07, 6.45) is 2.69. The lowest BCUT2D eigenvalue weighted by Gasteiger charge is -2.39. The molecule has 0 radical (unpaired) electrons. The molecular weight excluding hydrogens is 365 g/mol. The molecule has 0 amide bonds. The van der Waals surface area contributed by atoms with Crippen LogP contribution in [0.15, 0.2) is 42.5 Å². The number of rotatable bonds is 7. The summed E-state index contributed by atoms with van der Waals surface area (Å²) in [4.78, 5) is 2.39. The molecule has 1 aliphatic rings. The number of halogens is 2. The molecule has 1 saturated heterocycles. The van der Waals surface area contributed by atoms with Gasteiger partial charge in [0, 0.05) is 24.7 Å². The molecule has 0 atom stereocenters. The van der Waals surface area contributed by atoms with E-state index >= 15 is 0 Å². The van der Waals surface area contributed by atoms with E-state index in [1.54, 1.807) is 12.1 Å². The second-order valence-electron chi connectivity index (χ2n) is 7.30. The molecule has 0 unspecified atom stereocenters. The van der Waals surface area contributed by atoms with Gasteiger partial charge in [0.25, 0.3) is 0 Å². The lowest BCUT2D eigenvalue weighted by molar-refractivity contribution is 0.0135. The van der Waals surface area contributed by atoms with Crippen LogP contribution in [-0.2, 0) is 6.42 Å². The van der Waals surface area contributed by atoms with Gasteiger partial charge in [0.1, 0.15) is 29.5 Å². The zero-order valence-corrected chi connectivity index (χ0v) is 16.8. The number of likely N-dealkylation sites (tertiary alicyclic amines) is 1. The van der Waals surface area contributed by atoms with Crippen LogP contribution in [0.4, 0.5) is 4.39 Å². The van der Waals surface area contributed by atoms with Gasteiger partial charge < -0.3 is 9.47 Å². The summed E-state index contributed by atoms with van der Waals surface area (Å²) in [5.74, 6) is 1.43. The molecule has 1 heterocycles. The molecule has 1 aliphatic heterocycles. The van der Waals surface area contributed by atoms with Crippen LogP contribution in [0.5, 0.6) is 11.5 Å². The Kier molecular flexibility index (Phi) is 6.61. The first kappa shape index (κ1) is 20.0. The third kappa shape index (κ3) is 5.60. The van der Waals surface area contributed by atoms with Crippen molar-refractivity contribution in [3.8, 4) is 11.5 Å². The van der Waals surface area contributed by atoms with Gasteiger partial charge in [-0.2, -0.15) is 0 Å². The van der Waals surface area contributed by atoms with Gasteiger partial charge in [-0.15, -0.1) is 0 Å². The minimum atomic E-state index is -0.213. The highest BCUT2D eigenvalue weighted by atomic mass is 35.5. The quantitative estimate of drug-likeness (QED) is 0.634. The minimum Gasteiger partial charge on any atom is -0.492 e. The van der Waals surface area contributed by atoms with E-state index < -0.39 is 0 Å². The van der Waals surface area contributed by atoms with Crippen LogP contribution >= 0.6 is 11.6 Å². The average Bonchev–Trinajstić information content (AvgIpc) is 2.66. The predicted molar refractivity (Wildman–Crippen MR) is 107 cm³/mol. The van der Waals surface area contributed by atoms with E-state index in [1.807, 2.05) is 31.2 Å². The van der Waals surface area contributed by atoms with Gasteiger partial charge in [-0.25, -0.2) is 4.39 Å². The second-order valence-corrected chi connectivity index (χ2v) is 7.74. The molecule has 0 spiro atoms. The standard InChI is InChI=1S/C22H27ClFNO2/c1-3-17-16-19(24)6-9-21(17)26-15-14-25-12-10-22(2,11-13-25)27-20-7-4-18(23)5-8-20/h4-9,16H,3,10-15H2,1-2H3. The average molecular weight is 392 g/mol. The fraction of sp³-hybridized carbons (Fsp3) is 0.455. The van der Waals surface area contributed by atoms with E-state index in [4.69, 9.17) is 21.1 Å². The summed E-state index contributed by atoms with van der Waals surface area (Å²) in [7, 11) is 0. The van der Waals surface area contributed by atoms with E-state index in [-0.39, 0.29) is 11.4 Å². The SMILES string of the molecule is CCc1cc(F)ccc1OCCN1CCC(C)(Oc2ccc(Cl)cc2)CC1. The number of benzene rings is 2. The first-order chi connectivity index (χ1) is 13.0. The summed E-state index contributed by atoms with van der Waals surface area (Å²) < 4.78 is 25.4. The summed E-state index contributed by atoms with van der Waals surface area (Å²) in [5, 5.41) is 0.717. The Morgan fingerprint density at radius 2 is 1.81 bits per heavy atom. The highest BCUT2D eigenvalue weighted by Gasteiger charge is 2.31. The molecule has 3 rings (SSSR count). The van der Waals surface area contributed by atoms with Gasteiger partial charge in [0.05, 0.1) is 0 Å². The van der Waals surface area contributed by atoms with Crippen LogP contribution in [0.25, 0.3) is 0 Å². The van der Waals surface area contributed by atoms with Crippen molar-refractivity contribution in [2.45, 2.75) is 38.7 Å². The maximum Gasteiger partial charge on any atom is 0.123 e. The third-order valence-corrected chi connectivity index (χ3v) is 5.41. The van der Waals surface area contributed by atoms with Gasteiger partial charge in [-0.05, 0) is 74.2 Å². The van der Waals surface area contributed by atoms with Crippen molar-refractivity contribution in [3.63, 3.8) is 0 Å². The number of nitrogens with zero attached hydrogens (tertiary/aromatic N) is 1. The van der Waals surface area contributed by atoms with Crippen molar-refractivity contribution >= 4 is 11.6 Å². The number of hydrogen-bond acceptors (Lipinski definition) is 3. The smallest absolute Gasteiger partial charge is 0.123 e. The van der Waals surface area contributed by atoms with Crippen molar-refractivity contribution in [2.24, 2.45) is 0 Å². The maximum absolute atomic E-state index is 13.3. The summed E-state index contributed by atoms with van der Waals surface area (Å²) in [6.45, 7) is 7.58. The lowest BCUT2D eigenvalue weighted by Crippen LogP contribution is -2.47. The zero-order valence-electron chi connectivity index (χ0n) is 16.0. The Bertz CT molecular complexity index is 742. The molecule has 1 fully saturated rings. The molecule has 0 N–H and O–H groups in total. The maximum atomic E-state index is 13.3. The number of piperidine rings is 1. The Morgan fingerprint density at radius 3 is 2.48 bits per heavy atom. The fourth-order valence-electron chi connectivity index (χ4n) is 3.39. The minimum absolute atomic E-state index is 0.155. The monoisotopic (exact) mass is 391 g/mol. The van der Waals surface area contributed by atoms with Crippen LogP contribution in [0.1, 0.15) is 32.3 Å². The van der Waals surface area contributed by atoms with E-state index in [0.717, 1.165) is 61.0 Å². The largest absolute Gasteiger partial charge is 0.492 e. The molecule has 5 heteroatoms. The number of hydrogen-bond donors (Lipinski definition) is 0. The van der Waals surface area contributed by atoms with Crippen molar-refractivity contribution < 1.29 is 13.9 Å². The van der Waals surface area contributed by atoms with Crippen molar-refractivity contribution in [1.29, 1.82) is 0 Å². The molecule has 0 saturated carbocycles. The van der Waals surface area contributed by atoms with E-state index in [9.17, 15) is 4.39 Å². The Labute approximate surface area is 166 Å². The molecule has 146 valence electrons. The highest BCUT2D eigenvalue weighted by molar-refractivity contribution is 6.30. The number of aryl methyl sites for hydroxylation is 1. The molecule has 2 aromatic rings. The van der Waals surface area contributed by atoms with Crippen LogP contribution in [0.3, 0.4) is 0 Å². The first-order valence-electron chi connectivity index (χ1n) is 9.55. The molecule has 27 heavy (non-hydrogen) atoms. The molecule has 0 aromatic heterocycles. The molecule has 2 aromatic carbocycles. The van der Waals surface area contributed by atoms with E-state index in [0.29, 0.717) is 6.61 Å². The van der Waals surface area contributed by atoms with Crippen molar-refractivity contribution in [1.82, 2.24) is 4.90 Å². The molecule has 0 bridgehead atoms. The summed E-state index contributed by atoms with van der Waals surface area (Å²) in [6, 6.07) is 12.3. The predicted octanol–water partition coefficient (Wildman–Crippen LogP) is 5.35. The second kappa shape index (κ2) is 8.94. The first-order valence-corrected chi connectivity index (χ1v) is 9.93. The van der Waals surface area contributed by atoms with Gasteiger partial charge in [0.2, 0.25) is 0 Å². The van der Waals surface area contributed by atoms with Crippen LogP contribution in [-0.4, -0.2) is 36.7 Å². The number of ether oxygens (including phenoxy) is 2. The van der Waals surface area contributed by atoms with Gasteiger partial charge in [0.15, 0.2) is 0 Å². The van der Waals surface area contributed by atoms with Gasteiger partial charge in [-0.3, -0.25) is 4.90 Å². The van der Waals surface area contributed by atoms with Crippen molar-refractivity contribution in [2.75, 3.05) is 26.2 Å². The lowest BCUT2D eigenvalue weighted by atomic mass is 9.93. The highest BCUT2D eigenvalue weighted by Crippen LogP contribution is 2.29. The summed E-state index contributed by atoms with van der Waals surface area (Å²) >= 11 is 5.94. The van der Waals surface area contributed by atoms with Crippen molar-refractivity contribution in [3.05, 3.63) is 58.9 Å². The van der Waals surface area contributed by atoms with Crippen LogP contribution < -0.4 is 9.47 Å². The molecule has 3 nitrogen and oxygen atoms in total. The van der Waals surface area contributed by atoms with Crippen LogP contribution in [0, 0.1) is 5.82 Å². The van der Waals surface area contributed by atoms with Gasteiger partial charge in [-0.1, -0.05) is 18.5 Å². The van der Waals surface area contributed by atoms with Crippen LogP contribution in [0.2, 0.25) is 5.02 Å². The summed E-state index contributed by atoms with van der Waals surface area (Å²) in [5.41, 5.74) is 0.759. The van der Waals surface area contributed by atoms with E-state index in [1.165, 1.54) is 6.07 Å².